The Morgan fingerprint density at radius 1 is 0.967 bits per heavy atom. The fourth-order valence-corrected chi connectivity index (χ4v) is 3.83. The molecule has 152 valence electrons. The first kappa shape index (κ1) is 18.7. The van der Waals surface area contributed by atoms with Crippen molar-refractivity contribution < 1.29 is 14.9 Å². The minimum absolute atomic E-state index is 0.490. The van der Waals surface area contributed by atoms with Gasteiger partial charge in [-0.25, -0.2) is 15.0 Å². The number of pyridine rings is 1. The van der Waals surface area contributed by atoms with Crippen LogP contribution in [0.5, 0.6) is 0 Å². The summed E-state index contributed by atoms with van der Waals surface area (Å²) in [4.78, 5) is 13.2. The van der Waals surface area contributed by atoms with E-state index in [1.54, 1.807) is 17.7 Å². The van der Waals surface area contributed by atoms with E-state index in [1.165, 1.54) is 6.33 Å². The molecular weight excluding hydrogens is 382 g/mol. The minimum Gasteiger partial charge on any atom is -0.388 e. The smallest absolute Gasteiger partial charge is 0.164 e. The summed E-state index contributed by atoms with van der Waals surface area (Å²) in [6.45, 7) is 1.74. The third-order valence-electron chi connectivity index (χ3n) is 5.36. The molecule has 0 unspecified atom stereocenters. The highest BCUT2D eigenvalue weighted by Crippen LogP contribution is 2.39. The first-order chi connectivity index (χ1) is 14.6. The van der Waals surface area contributed by atoms with E-state index in [1.807, 2.05) is 54.7 Å². The Morgan fingerprint density at radius 2 is 1.77 bits per heavy atom. The largest absolute Gasteiger partial charge is 0.388 e. The van der Waals surface area contributed by atoms with Crippen molar-refractivity contribution in [2.45, 2.75) is 31.5 Å². The summed E-state index contributed by atoms with van der Waals surface area (Å²) in [6.07, 6.45) is 1.76. The lowest BCUT2D eigenvalue weighted by atomic mass is 10.1. The van der Waals surface area contributed by atoms with Crippen LogP contribution in [0.2, 0.25) is 0 Å². The molecule has 0 saturated carbocycles. The molecule has 0 amide bonds. The summed E-state index contributed by atoms with van der Waals surface area (Å²) in [5.74, 6) is 1.25. The van der Waals surface area contributed by atoms with Crippen LogP contribution < -0.4 is 5.32 Å². The first-order valence-electron chi connectivity index (χ1n) is 9.74. The van der Waals surface area contributed by atoms with Crippen LogP contribution >= 0.6 is 0 Å². The van der Waals surface area contributed by atoms with Crippen molar-refractivity contribution >= 4 is 22.7 Å². The molecule has 3 N–H and O–H groups in total. The van der Waals surface area contributed by atoms with Crippen LogP contribution in [0, 0.1) is 0 Å². The highest BCUT2D eigenvalue weighted by Gasteiger charge is 2.42. The lowest BCUT2D eigenvalue weighted by Crippen LogP contribution is -2.30. The second kappa shape index (κ2) is 7.49. The van der Waals surface area contributed by atoms with Gasteiger partial charge in [-0.15, -0.1) is 0 Å². The molecule has 5 rings (SSSR count). The van der Waals surface area contributed by atoms with Gasteiger partial charge >= 0.3 is 0 Å². The number of fused-ring (bicyclic) bond motifs is 1. The van der Waals surface area contributed by atoms with Gasteiger partial charge in [0.25, 0.3) is 0 Å². The zero-order valence-electron chi connectivity index (χ0n) is 16.3. The molecule has 8 heteroatoms. The Hall–Kier alpha value is -3.33. The predicted molar refractivity (Wildman–Crippen MR) is 112 cm³/mol. The summed E-state index contributed by atoms with van der Waals surface area (Å²) in [5.41, 5.74) is 2.45. The van der Waals surface area contributed by atoms with Crippen LogP contribution in [0.25, 0.3) is 22.2 Å². The fraction of sp³-hybridized carbons (Fsp3) is 0.227. The summed E-state index contributed by atoms with van der Waals surface area (Å²) in [6, 6.07) is 15.5. The Bertz CT molecular complexity index is 1170. The highest BCUT2D eigenvalue weighted by molar-refractivity contribution is 6.02. The maximum Gasteiger partial charge on any atom is 0.164 e. The number of rotatable bonds is 4. The number of ether oxygens (including phenoxy) is 1. The number of benzene rings is 1. The molecule has 4 atom stereocenters. The topological polar surface area (TPSA) is 105 Å². The second-order valence-corrected chi connectivity index (χ2v) is 7.29. The molecule has 1 aliphatic rings. The van der Waals surface area contributed by atoms with Gasteiger partial charge in [-0.2, -0.15) is 0 Å². The number of aromatic nitrogens is 4. The highest BCUT2D eigenvalue weighted by atomic mass is 16.6. The van der Waals surface area contributed by atoms with Gasteiger partial charge in [0.1, 0.15) is 35.8 Å². The van der Waals surface area contributed by atoms with E-state index in [-0.39, 0.29) is 0 Å². The van der Waals surface area contributed by atoms with E-state index >= 15 is 0 Å². The first-order valence-corrected chi connectivity index (χ1v) is 9.74. The van der Waals surface area contributed by atoms with Crippen molar-refractivity contribution in [1.82, 2.24) is 19.5 Å². The van der Waals surface area contributed by atoms with Crippen LogP contribution in [0.3, 0.4) is 0 Å². The molecule has 4 heterocycles. The number of anilines is 2. The molecule has 8 nitrogen and oxygen atoms in total. The predicted octanol–water partition coefficient (Wildman–Crippen LogP) is 2.88. The number of aliphatic hydroxyl groups is 2. The van der Waals surface area contributed by atoms with E-state index < -0.39 is 24.5 Å². The molecular formula is C22H21N5O3. The van der Waals surface area contributed by atoms with E-state index in [2.05, 4.69) is 20.3 Å². The van der Waals surface area contributed by atoms with E-state index in [0.717, 1.165) is 16.5 Å². The molecule has 0 radical (unpaired) electrons. The second-order valence-electron chi connectivity index (χ2n) is 7.29. The van der Waals surface area contributed by atoms with E-state index in [0.29, 0.717) is 17.3 Å². The van der Waals surface area contributed by atoms with Crippen molar-refractivity contribution in [2.75, 3.05) is 5.32 Å². The van der Waals surface area contributed by atoms with E-state index in [4.69, 9.17) is 4.74 Å². The standard InChI is InChI=1S/C22H21N5O3/c1-13-18(28)19(29)22(30-13)27-11-15(14-7-3-2-4-8-14)17-20(24-12-25-21(17)27)26-16-9-5-6-10-23-16/h2-13,18-19,22,28-29H,1H3,(H,23,24,25,26)/t13-,18+,19+,22+/m0/s1. The molecule has 1 aromatic carbocycles. The van der Waals surface area contributed by atoms with Crippen LogP contribution in [-0.2, 0) is 4.74 Å². The zero-order valence-corrected chi connectivity index (χ0v) is 16.3. The third kappa shape index (κ3) is 3.11. The fourth-order valence-electron chi connectivity index (χ4n) is 3.83. The van der Waals surface area contributed by atoms with Crippen LogP contribution in [0.4, 0.5) is 11.6 Å². The zero-order chi connectivity index (χ0) is 20.7. The van der Waals surface area contributed by atoms with Gasteiger partial charge in [0.2, 0.25) is 0 Å². The molecule has 0 spiro atoms. The Morgan fingerprint density at radius 3 is 2.47 bits per heavy atom. The van der Waals surface area contributed by atoms with Gasteiger partial charge < -0.3 is 24.8 Å². The monoisotopic (exact) mass is 403 g/mol. The van der Waals surface area contributed by atoms with Gasteiger partial charge in [-0.1, -0.05) is 36.4 Å². The molecule has 3 aromatic heterocycles. The minimum atomic E-state index is -1.07. The molecule has 30 heavy (non-hydrogen) atoms. The van der Waals surface area contributed by atoms with Crippen molar-refractivity contribution in [3.63, 3.8) is 0 Å². The molecule has 1 fully saturated rings. The summed E-state index contributed by atoms with van der Waals surface area (Å²) in [5, 5.41) is 24.8. The Kier molecular flexibility index (Phi) is 4.66. The Labute approximate surface area is 172 Å². The molecule has 0 bridgehead atoms. The number of aliphatic hydroxyl groups excluding tert-OH is 2. The number of nitrogens with zero attached hydrogens (tertiary/aromatic N) is 4. The lowest BCUT2D eigenvalue weighted by molar-refractivity contribution is -0.0295. The number of nitrogens with one attached hydrogen (secondary N) is 1. The van der Waals surface area contributed by atoms with Gasteiger partial charge in [0.05, 0.1) is 11.5 Å². The van der Waals surface area contributed by atoms with Crippen molar-refractivity contribution in [3.8, 4) is 11.1 Å². The summed E-state index contributed by atoms with van der Waals surface area (Å²) < 4.78 is 7.62. The quantitative estimate of drug-likeness (QED) is 0.481. The van der Waals surface area contributed by atoms with Crippen LogP contribution in [0.15, 0.2) is 67.3 Å². The molecule has 4 aromatic rings. The van der Waals surface area contributed by atoms with Crippen molar-refractivity contribution in [2.24, 2.45) is 0 Å². The van der Waals surface area contributed by atoms with Gasteiger partial charge in [0.15, 0.2) is 6.23 Å². The van der Waals surface area contributed by atoms with Crippen molar-refractivity contribution in [3.05, 3.63) is 67.3 Å². The third-order valence-corrected chi connectivity index (χ3v) is 5.36. The van der Waals surface area contributed by atoms with Crippen molar-refractivity contribution in [1.29, 1.82) is 0 Å². The molecule has 0 aliphatic carbocycles. The maximum absolute atomic E-state index is 10.6. The van der Waals surface area contributed by atoms with Gasteiger partial charge in [-0.3, -0.25) is 0 Å². The lowest BCUT2D eigenvalue weighted by Gasteiger charge is -2.17. The normalized spacial score (nSPS) is 23.7. The summed E-state index contributed by atoms with van der Waals surface area (Å²) >= 11 is 0. The SMILES string of the molecule is C[C@@H]1O[C@@H](n2cc(-c3ccccc3)c3c(Nc4ccccn4)ncnc32)[C@H](O)[C@@H]1O. The average molecular weight is 403 g/mol. The Balaban J connectivity index is 1.70. The van der Waals surface area contributed by atoms with E-state index in [9.17, 15) is 10.2 Å². The summed E-state index contributed by atoms with van der Waals surface area (Å²) in [7, 11) is 0. The average Bonchev–Trinajstić information content (AvgIpc) is 3.29. The molecule has 1 aliphatic heterocycles. The molecule has 1 saturated heterocycles. The maximum atomic E-state index is 10.6. The number of hydrogen-bond acceptors (Lipinski definition) is 7. The van der Waals surface area contributed by atoms with Crippen LogP contribution in [-0.4, -0.2) is 48.0 Å². The number of hydrogen-bond donors (Lipinski definition) is 3. The van der Waals surface area contributed by atoms with Gasteiger partial charge in [0, 0.05) is 18.0 Å². The van der Waals surface area contributed by atoms with Gasteiger partial charge in [-0.05, 0) is 24.6 Å². The van der Waals surface area contributed by atoms with Crippen LogP contribution in [0.1, 0.15) is 13.2 Å².